The summed E-state index contributed by atoms with van der Waals surface area (Å²) >= 11 is 0. The lowest BCUT2D eigenvalue weighted by molar-refractivity contribution is -0.127. The second kappa shape index (κ2) is 7.24. The SMILES string of the molecule is CC(C)c1ccc(S(=O)(=O)NCCCN2CCCC2=O)cc1. The Hall–Kier alpha value is -1.40. The molecular weight excluding hydrogens is 300 g/mol. The molecule has 1 N–H and O–H groups in total. The molecule has 1 aromatic rings. The lowest BCUT2D eigenvalue weighted by Crippen LogP contribution is -2.30. The lowest BCUT2D eigenvalue weighted by Gasteiger charge is -2.15. The van der Waals surface area contributed by atoms with E-state index in [4.69, 9.17) is 0 Å². The van der Waals surface area contributed by atoms with Gasteiger partial charge in [0.15, 0.2) is 0 Å². The van der Waals surface area contributed by atoms with Crippen molar-refractivity contribution in [3.05, 3.63) is 29.8 Å². The molecule has 0 spiro atoms. The molecule has 2 rings (SSSR count). The van der Waals surface area contributed by atoms with Gasteiger partial charge < -0.3 is 4.90 Å². The average molecular weight is 324 g/mol. The first-order valence-corrected chi connectivity index (χ1v) is 9.26. The van der Waals surface area contributed by atoms with Gasteiger partial charge in [-0.3, -0.25) is 4.79 Å². The van der Waals surface area contributed by atoms with Crippen molar-refractivity contribution in [3.63, 3.8) is 0 Å². The molecule has 5 nitrogen and oxygen atoms in total. The van der Waals surface area contributed by atoms with E-state index < -0.39 is 10.0 Å². The van der Waals surface area contributed by atoms with E-state index in [2.05, 4.69) is 18.6 Å². The average Bonchev–Trinajstić information content (AvgIpc) is 2.89. The maximum absolute atomic E-state index is 12.2. The van der Waals surface area contributed by atoms with Crippen LogP contribution in [-0.2, 0) is 14.8 Å². The summed E-state index contributed by atoms with van der Waals surface area (Å²) in [5.74, 6) is 0.551. The Kier molecular flexibility index (Phi) is 5.58. The number of hydrogen-bond acceptors (Lipinski definition) is 3. The summed E-state index contributed by atoms with van der Waals surface area (Å²) in [5.41, 5.74) is 1.12. The molecule has 0 aliphatic carbocycles. The highest BCUT2D eigenvalue weighted by atomic mass is 32.2. The largest absolute Gasteiger partial charge is 0.343 e. The van der Waals surface area contributed by atoms with Gasteiger partial charge in [0.25, 0.3) is 0 Å². The minimum absolute atomic E-state index is 0.173. The van der Waals surface area contributed by atoms with Crippen LogP contribution in [0.4, 0.5) is 0 Å². The van der Waals surface area contributed by atoms with Crippen LogP contribution in [0, 0.1) is 0 Å². The van der Waals surface area contributed by atoms with Gasteiger partial charge in [-0.25, -0.2) is 13.1 Å². The molecule has 1 heterocycles. The number of nitrogens with one attached hydrogen (secondary N) is 1. The van der Waals surface area contributed by atoms with Crippen LogP contribution in [0.3, 0.4) is 0 Å². The van der Waals surface area contributed by atoms with E-state index in [1.165, 1.54) is 0 Å². The summed E-state index contributed by atoms with van der Waals surface area (Å²) < 4.78 is 27.0. The summed E-state index contributed by atoms with van der Waals surface area (Å²) in [6, 6.07) is 6.98. The zero-order valence-corrected chi connectivity index (χ0v) is 14.0. The lowest BCUT2D eigenvalue weighted by atomic mass is 10.0. The Labute approximate surface area is 132 Å². The monoisotopic (exact) mass is 324 g/mol. The van der Waals surface area contributed by atoms with Crippen molar-refractivity contribution in [1.29, 1.82) is 0 Å². The minimum atomic E-state index is -3.47. The smallest absolute Gasteiger partial charge is 0.240 e. The summed E-state index contributed by atoms with van der Waals surface area (Å²) in [6.07, 6.45) is 2.16. The van der Waals surface area contributed by atoms with Gasteiger partial charge in [-0.15, -0.1) is 0 Å². The van der Waals surface area contributed by atoms with Crippen molar-refractivity contribution in [1.82, 2.24) is 9.62 Å². The Balaban J connectivity index is 1.84. The number of likely N-dealkylation sites (tertiary alicyclic amines) is 1. The fraction of sp³-hybridized carbons (Fsp3) is 0.562. The van der Waals surface area contributed by atoms with Crippen molar-refractivity contribution in [2.45, 2.75) is 43.9 Å². The van der Waals surface area contributed by atoms with Gasteiger partial charge in [-0.2, -0.15) is 0 Å². The maximum atomic E-state index is 12.2. The van der Waals surface area contributed by atoms with Gasteiger partial charge in [0, 0.05) is 26.1 Å². The molecule has 22 heavy (non-hydrogen) atoms. The van der Waals surface area contributed by atoms with Crippen LogP contribution in [-0.4, -0.2) is 38.9 Å². The molecule has 1 aliphatic heterocycles. The first-order chi connectivity index (χ1) is 10.4. The summed E-state index contributed by atoms with van der Waals surface area (Å²) in [5, 5.41) is 0. The van der Waals surface area contributed by atoms with Crippen molar-refractivity contribution in [2.75, 3.05) is 19.6 Å². The van der Waals surface area contributed by atoms with Crippen molar-refractivity contribution in [3.8, 4) is 0 Å². The number of amides is 1. The highest BCUT2D eigenvalue weighted by molar-refractivity contribution is 7.89. The number of nitrogens with zero attached hydrogens (tertiary/aromatic N) is 1. The van der Waals surface area contributed by atoms with E-state index in [1.807, 2.05) is 12.1 Å². The van der Waals surface area contributed by atoms with E-state index in [0.29, 0.717) is 31.8 Å². The molecule has 1 fully saturated rings. The van der Waals surface area contributed by atoms with E-state index >= 15 is 0 Å². The molecule has 1 saturated heterocycles. The topological polar surface area (TPSA) is 66.5 Å². The number of sulfonamides is 1. The highest BCUT2D eigenvalue weighted by Gasteiger charge is 2.19. The molecule has 0 saturated carbocycles. The van der Waals surface area contributed by atoms with E-state index in [1.54, 1.807) is 17.0 Å². The molecule has 0 radical (unpaired) electrons. The fourth-order valence-electron chi connectivity index (χ4n) is 2.53. The molecular formula is C16H24N2O3S. The second-order valence-corrected chi connectivity index (χ2v) is 7.73. The van der Waals surface area contributed by atoms with E-state index in [9.17, 15) is 13.2 Å². The number of carbonyl (C=O) groups excluding carboxylic acids is 1. The Morgan fingerprint density at radius 3 is 2.45 bits per heavy atom. The predicted molar refractivity (Wildman–Crippen MR) is 86.2 cm³/mol. The maximum Gasteiger partial charge on any atom is 0.240 e. The Bertz CT molecular complexity index is 609. The first kappa shape index (κ1) is 17.0. The second-order valence-electron chi connectivity index (χ2n) is 5.96. The molecule has 0 atom stereocenters. The van der Waals surface area contributed by atoms with E-state index in [0.717, 1.165) is 18.5 Å². The summed E-state index contributed by atoms with van der Waals surface area (Å²) in [6.45, 7) is 5.90. The molecule has 122 valence electrons. The third kappa shape index (κ3) is 4.30. The number of hydrogen-bond donors (Lipinski definition) is 1. The highest BCUT2D eigenvalue weighted by Crippen LogP contribution is 2.17. The minimum Gasteiger partial charge on any atom is -0.343 e. The van der Waals surface area contributed by atoms with E-state index in [-0.39, 0.29) is 10.8 Å². The van der Waals surface area contributed by atoms with Crippen LogP contribution in [0.2, 0.25) is 0 Å². The van der Waals surface area contributed by atoms with Crippen LogP contribution in [0.5, 0.6) is 0 Å². The molecule has 1 aromatic carbocycles. The summed E-state index contributed by atoms with van der Waals surface area (Å²) in [7, 11) is -3.47. The van der Waals surface area contributed by atoms with Crippen LogP contribution >= 0.6 is 0 Å². The molecule has 1 aliphatic rings. The third-order valence-electron chi connectivity index (χ3n) is 3.93. The van der Waals surface area contributed by atoms with Gasteiger partial charge in [0.05, 0.1) is 4.90 Å². The van der Waals surface area contributed by atoms with Crippen LogP contribution in [0.25, 0.3) is 0 Å². The van der Waals surface area contributed by atoms with Crippen molar-refractivity contribution < 1.29 is 13.2 Å². The van der Waals surface area contributed by atoms with Crippen LogP contribution < -0.4 is 4.72 Å². The van der Waals surface area contributed by atoms with Gasteiger partial charge >= 0.3 is 0 Å². The Morgan fingerprint density at radius 2 is 1.91 bits per heavy atom. The number of benzene rings is 1. The summed E-state index contributed by atoms with van der Waals surface area (Å²) in [4.78, 5) is 13.5. The third-order valence-corrected chi connectivity index (χ3v) is 5.40. The molecule has 0 aromatic heterocycles. The quantitative estimate of drug-likeness (QED) is 0.781. The normalized spacial score (nSPS) is 15.8. The fourth-order valence-corrected chi connectivity index (χ4v) is 3.61. The van der Waals surface area contributed by atoms with Gasteiger partial charge in [0.1, 0.15) is 0 Å². The molecule has 6 heteroatoms. The van der Waals surface area contributed by atoms with Crippen LogP contribution in [0.1, 0.15) is 44.6 Å². The molecule has 0 unspecified atom stereocenters. The standard InChI is InChI=1S/C16H24N2O3S/c1-13(2)14-6-8-15(9-7-14)22(20,21)17-10-4-12-18-11-3-5-16(18)19/h6-9,13,17H,3-5,10-12H2,1-2H3. The zero-order valence-electron chi connectivity index (χ0n) is 13.2. The van der Waals surface area contributed by atoms with Gasteiger partial charge in [0.2, 0.25) is 15.9 Å². The van der Waals surface area contributed by atoms with Gasteiger partial charge in [-0.1, -0.05) is 26.0 Å². The molecule has 0 bridgehead atoms. The zero-order chi connectivity index (χ0) is 16.2. The number of carbonyl (C=O) groups is 1. The van der Waals surface area contributed by atoms with Crippen molar-refractivity contribution in [2.24, 2.45) is 0 Å². The first-order valence-electron chi connectivity index (χ1n) is 7.77. The molecule has 1 amide bonds. The van der Waals surface area contributed by atoms with Crippen LogP contribution in [0.15, 0.2) is 29.2 Å². The number of rotatable bonds is 7. The van der Waals surface area contributed by atoms with Gasteiger partial charge in [-0.05, 0) is 36.5 Å². The predicted octanol–water partition coefficient (Wildman–Crippen LogP) is 2.10. The Morgan fingerprint density at radius 1 is 1.23 bits per heavy atom. The van der Waals surface area contributed by atoms with Crippen molar-refractivity contribution >= 4 is 15.9 Å².